The van der Waals surface area contributed by atoms with Gasteiger partial charge in [-0.1, -0.05) is 23.8 Å². The van der Waals surface area contributed by atoms with E-state index in [2.05, 4.69) is 47.6 Å². The first kappa shape index (κ1) is 12.9. The summed E-state index contributed by atoms with van der Waals surface area (Å²) in [5, 5.41) is 4.58. The highest BCUT2D eigenvalue weighted by molar-refractivity contribution is 6.30. The fourth-order valence-corrected chi connectivity index (χ4v) is 4.02. The first-order valence-corrected chi connectivity index (χ1v) is 7.75. The predicted octanol–water partition coefficient (Wildman–Crippen LogP) is 4.87. The number of hydrogen-bond donors (Lipinski definition) is 1. The van der Waals surface area contributed by atoms with E-state index in [1.54, 1.807) is 0 Å². The summed E-state index contributed by atoms with van der Waals surface area (Å²) in [6, 6.07) is 8.72. The van der Waals surface area contributed by atoms with Crippen LogP contribution < -0.4 is 5.32 Å². The summed E-state index contributed by atoms with van der Waals surface area (Å²) in [4.78, 5) is 4.14. The molecule has 1 aliphatic heterocycles. The van der Waals surface area contributed by atoms with Crippen molar-refractivity contribution < 1.29 is 0 Å². The molecule has 0 unspecified atom stereocenters. The number of anilines is 1. The molecule has 106 valence electrons. The standard InChI is InChI=1S/C18H17ClN2/c1-11-9-13(19)10-16-14-3-2-4-15(14)18(21-17(11)16)12-5-7-20-8-6-12/h2-3,5-10,14-15,18,21H,4H2,1H3/t14-,15+,18+/m0/s1. The number of benzene rings is 1. The second-order valence-electron chi connectivity index (χ2n) is 5.94. The topological polar surface area (TPSA) is 24.9 Å². The molecule has 1 aromatic carbocycles. The average Bonchev–Trinajstić information content (AvgIpc) is 2.97. The normalized spacial score (nSPS) is 26.1. The maximum Gasteiger partial charge on any atom is 0.0555 e. The number of fused-ring (bicyclic) bond motifs is 3. The average molecular weight is 297 g/mol. The van der Waals surface area contributed by atoms with E-state index in [4.69, 9.17) is 11.6 Å². The molecule has 21 heavy (non-hydrogen) atoms. The van der Waals surface area contributed by atoms with Gasteiger partial charge in [0.2, 0.25) is 0 Å². The lowest BCUT2D eigenvalue weighted by atomic mass is 9.76. The monoisotopic (exact) mass is 296 g/mol. The van der Waals surface area contributed by atoms with Crippen LogP contribution >= 0.6 is 11.6 Å². The van der Waals surface area contributed by atoms with Gasteiger partial charge < -0.3 is 5.32 Å². The quantitative estimate of drug-likeness (QED) is 0.759. The largest absolute Gasteiger partial charge is 0.377 e. The van der Waals surface area contributed by atoms with Crippen LogP contribution in [0.1, 0.15) is 35.1 Å². The number of hydrogen-bond acceptors (Lipinski definition) is 2. The molecule has 4 rings (SSSR count). The van der Waals surface area contributed by atoms with Crippen molar-refractivity contribution >= 4 is 17.3 Å². The fraction of sp³-hybridized carbons (Fsp3) is 0.278. The Morgan fingerprint density at radius 2 is 2.05 bits per heavy atom. The Morgan fingerprint density at radius 3 is 2.86 bits per heavy atom. The number of halogens is 1. The summed E-state index contributed by atoms with van der Waals surface area (Å²) in [5.41, 5.74) is 5.11. The van der Waals surface area contributed by atoms with Gasteiger partial charge in [0.25, 0.3) is 0 Å². The number of allylic oxidation sites excluding steroid dienone is 2. The van der Waals surface area contributed by atoms with Gasteiger partial charge in [-0.2, -0.15) is 0 Å². The molecule has 0 saturated carbocycles. The summed E-state index contributed by atoms with van der Waals surface area (Å²) in [6.07, 6.45) is 9.50. The molecule has 0 saturated heterocycles. The lowest BCUT2D eigenvalue weighted by Gasteiger charge is -2.38. The summed E-state index contributed by atoms with van der Waals surface area (Å²) >= 11 is 6.27. The number of nitrogens with one attached hydrogen (secondary N) is 1. The van der Waals surface area contributed by atoms with Crippen molar-refractivity contribution in [1.29, 1.82) is 0 Å². The van der Waals surface area contributed by atoms with Crippen molar-refractivity contribution in [2.24, 2.45) is 5.92 Å². The van der Waals surface area contributed by atoms with E-state index in [-0.39, 0.29) is 0 Å². The summed E-state index contributed by atoms with van der Waals surface area (Å²) in [6.45, 7) is 2.13. The van der Waals surface area contributed by atoms with Crippen LogP contribution in [-0.2, 0) is 0 Å². The predicted molar refractivity (Wildman–Crippen MR) is 86.8 cm³/mol. The molecule has 0 radical (unpaired) electrons. The summed E-state index contributed by atoms with van der Waals surface area (Å²) < 4.78 is 0. The first-order valence-electron chi connectivity index (χ1n) is 7.37. The molecular formula is C18H17ClN2. The summed E-state index contributed by atoms with van der Waals surface area (Å²) in [5.74, 6) is 1.01. The van der Waals surface area contributed by atoms with Crippen LogP contribution in [0.15, 0.2) is 48.8 Å². The highest BCUT2D eigenvalue weighted by Gasteiger charge is 2.38. The van der Waals surface area contributed by atoms with E-state index < -0.39 is 0 Å². The van der Waals surface area contributed by atoms with Crippen LogP contribution in [0.25, 0.3) is 0 Å². The van der Waals surface area contributed by atoms with Crippen molar-refractivity contribution in [2.75, 3.05) is 5.32 Å². The minimum absolute atomic E-state index is 0.334. The van der Waals surface area contributed by atoms with Crippen LogP contribution in [0.5, 0.6) is 0 Å². The molecule has 0 amide bonds. The van der Waals surface area contributed by atoms with Gasteiger partial charge in [0.15, 0.2) is 0 Å². The SMILES string of the molecule is Cc1cc(Cl)cc2c1N[C@H](c1ccncc1)[C@@H]1CC=C[C@H]21. The zero-order valence-corrected chi connectivity index (χ0v) is 12.6. The Hall–Kier alpha value is -1.80. The highest BCUT2D eigenvalue weighted by atomic mass is 35.5. The Balaban J connectivity index is 1.84. The van der Waals surface area contributed by atoms with Crippen LogP contribution in [0.3, 0.4) is 0 Å². The van der Waals surface area contributed by atoms with Gasteiger partial charge >= 0.3 is 0 Å². The third-order valence-electron chi connectivity index (χ3n) is 4.70. The molecule has 3 atom stereocenters. The van der Waals surface area contributed by atoms with Gasteiger partial charge in [0.1, 0.15) is 0 Å². The van der Waals surface area contributed by atoms with E-state index in [1.807, 2.05) is 18.5 Å². The van der Waals surface area contributed by atoms with Crippen LogP contribution in [0.2, 0.25) is 5.02 Å². The molecule has 0 fully saturated rings. The van der Waals surface area contributed by atoms with E-state index in [9.17, 15) is 0 Å². The Morgan fingerprint density at radius 1 is 1.24 bits per heavy atom. The number of aromatic nitrogens is 1. The van der Waals surface area contributed by atoms with Crippen molar-refractivity contribution in [3.05, 3.63) is 70.5 Å². The molecule has 0 spiro atoms. The van der Waals surface area contributed by atoms with E-state index in [0.29, 0.717) is 17.9 Å². The first-order chi connectivity index (χ1) is 10.2. The number of nitrogens with zero attached hydrogens (tertiary/aromatic N) is 1. The second-order valence-corrected chi connectivity index (χ2v) is 6.38. The molecule has 2 heterocycles. The van der Waals surface area contributed by atoms with E-state index >= 15 is 0 Å². The van der Waals surface area contributed by atoms with Crippen molar-refractivity contribution in [2.45, 2.75) is 25.3 Å². The maximum absolute atomic E-state index is 6.27. The summed E-state index contributed by atoms with van der Waals surface area (Å²) in [7, 11) is 0. The fourth-order valence-electron chi connectivity index (χ4n) is 3.74. The highest BCUT2D eigenvalue weighted by Crippen LogP contribution is 2.51. The minimum atomic E-state index is 0.334. The molecule has 0 bridgehead atoms. The van der Waals surface area contributed by atoms with Crippen LogP contribution in [-0.4, -0.2) is 4.98 Å². The van der Waals surface area contributed by atoms with E-state index in [0.717, 1.165) is 11.4 Å². The van der Waals surface area contributed by atoms with Crippen LogP contribution in [0.4, 0.5) is 5.69 Å². The second kappa shape index (κ2) is 4.88. The minimum Gasteiger partial charge on any atom is -0.377 e. The molecular weight excluding hydrogens is 280 g/mol. The molecule has 2 nitrogen and oxygen atoms in total. The Bertz CT molecular complexity index is 709. The third kappa shape index (κ3) is 2.06. The molecule has 2 aliphatic rings. The van der Waals surface area contributed by atoms with Gasteiger partial charge in [-0.05, 0) is 60.2 Å². The smallest absolute Gasteiger partial charge is 0.0555 e. The maximum atomic E-state index is 6.27. The number of pyridine rings is 1. The molecule has 3 heteroatoms. The van der Waals surface area contributed by atoms with Gasteiger partial charge in [-0.3, -0.25) is 4.98 Å². The van der Waals surface area contributed by atoms with Crippen molar-refractivity contribution in [3.63, 3.8) is 0 Å². The lowest BCUT2D eigenvalue weighted by molar-refractivity contribution is 0.425. The van der Waals surface area contributed by atoms with Crippen molar-refractivity contribution in [1.82, 2.24) is 4.98 Å². The van der Waals surface area contributed by atoms with Crippen LogP contribution in [0, 0.1) is 12.8 Å². The number of rotatable bonds is 1. The Labute approximate surface area is 129 Å². The van der Waals surface area contributed by atoms with E-state index in [1.165, 1.54) is 22.4 Å². The zero-order chi connectivity index (χ0) is 14.4. The van der Waals surface area contributed by atoms with Gasteiger partial charge in [-0.25, -0.2) is 0 Å². The molecule has 1 N–H and O–H groups in total. The number of aryl methyl sites for hydroxylation is 1. The lowest BCUT2D eigenvalue weighted by Crippen LogP contribution is -2.29. The molecule has 1 aromatic heterocycles. The van der Waals surface area contributed by atoms with Crippen molar-refractivity contribution in [3.8, 4) is 0 Å². The van der Waals surface area contributed by atoms with Gasteiger partial charge in [-0.15, -0.1) is 0 Å². The molecule has 2 aromatic rings. The third-order valence-corrected chi connectivity index (χ3v) is 4.91. The van der Waals surface area contributed by atoms with Gasteiger partial charge in [0, 0.05) is 29.0 Å². The van der Waals surface area contributed by atoms with Gasteiger partial charge in [0.05, 0.1) is 6.04 Å². The zero-order valence-electron chi connectivity index (χ0n) is 11.9. The molecule has 1 aliphatic carbocycles. The Kier molecular flexibility index (Phi) is 3.00.